The first-order chi connectivity index (χ1) is 15.2. The van der Waals surface area contributed by atoms with Crippen molar-refractivity contribution in [2.45, 2.75) is 32.7 Å². The Hall–Kier alpha value is -2.93. The van der Waals surface area contributed by atoms with Crippen LogP contribution in [0.25, 0.3) is 0 Å². The lowest BCUT2D eigenvalue weighted by Crippen LogP contribution is -2.37. The molecule has 0 bridgehead atoms. The predicted molar refractivity (Wildman–Crippen MR) is 126 cm³/mol. The molecule has 0 aliphatic carbocycles. The fourth-order valence-corrected chi connectivity index (χ4v) is 4.40. The number of halogens is 1. The number of hydrogen-bond acceptors (Lipinski definition) is 4. The maximum Gasteiger partial charge on any atom is 0.258 e. The van der Waals surface area contributed by atoms with Gasteiger partial charge in [-0.25, -0.2) is 4.39 Å². The van der Waals surface area contributed by atoms with Crippen LogP contribution >= 0.6 is 0 Å². The third kappa shape index (κ3) is 4.35. The van der Waals surface area contributed by atoms with Crippen molar-refractivity contribution in [3.8, 4) is 0 Å². The van der Waals surface area contributed by atoms with Crippen molar-refractivity contribution in [3.63, 3.8) is 0 Å². The lowest BCUT2D eigenvalue weighted by molar-refractivity contribution is -0.118. The number of fused-ring (bicyclic) bond motifs is 1. The van der Waals surface area contributed by atoms with E-state index in [1.54, 1.807) is 23.1 Å². The minimum Gasteiger partial charge on any atom is -0.368 e. The summed E-state index contributed by atoms with van der Waals surface area (Å²) in [5.41, 5.74) is 3.35. The van der Waals surface area contributed by atoms with Gasteiger partial charge in [-0.05, 0) is 68.9 Å². The zero-order valence-corrected chi connectivity index (χ0v) is 19.2. The first-order valence-corrected chi connectivity index (χ1v) is 11.2. The van der Waals surface area contributed by atoms with Crippen LogP contribution in [-0.2, 0) is 11.2 Å². The van der Waals surface area contributed by atoms with E-state index in [0.717, 1.165) is 25.1 Å². The van der Waals surface area contributed by atoms with Crippen molar-refractivity contribution in [1.29, 1.82) is 0 Å². The second-order valence-electron chi connectivity index (χ2n) is 9.21. The molecule has 2 aliphatic heterocycles. The molecule has 0 aromatic heterocycles. The smallest absolute Gasteiger partial charge is 0.258 e. The van der Waals surface area contributed by atoms with Crippen molar-refractivity contribution in [1.82, 2.24) is 4.90 Å². The Balaban J connectivity index is 1.51. The fraction of sp³-hybridized carbons (Fsp3) is 0.440. The Morgan fingerprint density at radius 2 is 1.94 bits per heavy atom. The van der Waals surface area contributed by atoms with Gasteiger partial charge in [0.25, 0.3) is 5.91 Å². The molecule has 2 amide bonds. The van der Waals surface area contributed by atoms with Crippen LogP contribution in [0.5, 0.6) is 0 Å². The van der Waals surface area contributed by atoms with E-state index in [0.29, 0.717) is 41.6 Å². The highest BCUT2D eigenvalue weighted by Crippen LogP contribution is 2.31. The maximum atomic E-state index is 15.0. The number of nitrogens with zero attached hydrogens (tertiary/aromatic N) is 3. The second kappa shape index (κ2) is 8.90. The van der Waals surface area contributed by atoms with Gasteiger partial charge in [0.2, 0.25) is 5.91 Å². The number of likely N-dealkylation sites (N-methyl/N-ethyl adjacent to an activating group) is 1. The molecule has 0 spiro atoms. The number of hydrogen-bond donors (Lipinski definition) is 1. The summed E-state index contributed by atoms with van der Waals surface area (Å²) in [6.45, 7) is 5.77. The number of rotatable bonds is 5. The van der Waals surface area contributed by atoms with E-state index in [2.05, 4.69) is 29.2 Å². The van der Waals surface area contributed by atoms with Crippen LogP contribution in [0.3, 0.4) is 0 Å². The van der Waals surface area contributed by atoms with E-state index in [-0.39, 0.29) is 23.5 Å². The molecule has 1 fully saturated rings. The van der Waals surface area contributed by atoms with Gasteiger partial charge in [-0.15, -0.1) is 0 Å². The van der Waals surface area contributed by atoms with Gasteiger partial charge in [-0.2, -0.15) is 0 Å². The van der Waals surface area contributed by atoms with Crippen molar-refractivity contribution < 1.29 is 14.0 Å². The van der Waals surface area contributed by atoms with E-state index in [4.69, 9.17) is 0 Å². The quantitative estimate of drug-likeness (QED) is 0.772. The Kier molecular flexibility index (Phi) is 6.20. The molecule has 0 saturated carbocycles. The van der Waals surface area contributed by atoms with Gasteiger partial charge in [0, 0.05) is 48.5 Å². The highest BCUT2D eigenvalue weighted by Gasteiger charge is 2.29. The molecule has 2 aromatic rings. The van der Waals surface area contributed by atoms with Crippen LogP contribution in [-0.4, -0.2) is 56.5 Å². The summed E-state index contributed by atoms with van der Waals surface area (Å²) in [6.07, 6.45) is 1.65. The van der Waals surface area contributed by atoms with E-state index in [9.17, 15) is 9.59 Å². The molecule has 170 valence electrons. The summed E-state index contributed by atoms with van der Waals surface area (Å²) in [5, 5.41) is 2.88. The minimum absolute atomic E-state index is 0.0563. The summed E-state index contributed by atoms with van der Waals surface area (Å²) in [7, 11) is 4.10. The number of carbonyl (C=O) groups excluding carboxylic acids is 2. The Morgan fingerprint density at radius 1 is 1.16 bits per heavy atom. The molecule has 1 N–H and O–H groups in total. The highest BCUT2D eigenvalue weighted by molar-refractivity contribution is 6.08. The van der Waals surface area contributed by atoms with Crippen LogP contribution in [0, 0.1) is 11.7 Å². The molecule has 0 radical (unpaired) electrons. The number of benzene rings is 2. The third-order valence-corrected chi connectivity index (χ3v) is 6.45. The average Bonchev–Trinajstić information content (AvgIpc) is 3.24. The summed E-state index contributed by atoms with van der Waals surface area (Å²) < 4.78 is 15.0. The Labute approximate surface area is 189 Å². The Bertz CT molecular complexity index is 1040. The van der Waals surface area contributed by atoms with Crippen LogP contribution < -0.4 is 15.1 Å². The monoisotopic (exact) mass is 438 g/mol. The molecule has 2 aromatic carbocycles. The van der Waals surface area contributed by atoms with E-state index >= 15 is 4.39 Å². The second-order valence-corrected chi connectivity index (χ2v) is 9.21. The van der Waals surface area contributed by atoms with Crippen LogP contribution in [0.1, 0.15) is 36.2 Å². The van der Waals surface area contributed by atoms with Crippen molar-refractivity contribution >= 4 is 28.9 Å². The van der Waals surface area contributed by atoms with Crippen LogP contribution in [0.15, 0.2) is 36.4 Å². The number of nitrogens with one attached hydrogen (secondary N) is 1. The zero-order valence-electron chi connectivity index (χ0n) is 19.2. The topological polar surface area (TPSA) is 55.9 Å². The zero-order chi connectivity index (χ0) is 23.0. The van der Waals surface area contributed by atoms with Gasteiger partial charge in [0.15, 0.2) is 0 Å². The molecular weight excluding hydrogens is 407 g/mol. The van der Waals surface area contributed by atoms with E-state index in [1.165, 1.54) is 6.07 Å². The minimum atomic E-state index is -0.299. The summed E-state index contributed by atoms with van der Waals surface area (Å²) in [4.78, 5) is 31.0. The first kappa shape index (κ1) is 22.3. The first-order valence-electron chi connectivity index (χ1n) is 11.2. The summed E-state index contributed by atoms with van der Waals surface area (Å²) in [5.74, 6) is -0.615. The average molecular weight is 439 g/mol. The largest absolute Gasteiger partial charge is 0.368 e. The molecule has 32 heavy (non-hydrogen) atoms. The van der Waals surface area contributed by atoms with Crippen molar-refractivity contribution in [2.75, 3.05) is 48.8 Å². The normalized spacial score (nSPS) is 18.5. The van der Waals surface area contributed by atoms with Crippen LogP contribution in [0.2, 0.25) is 0 Å². The number of amides is 2. The predicted octanol–water partition coefficient (Wildman–Crippen LogP) is 3.76. The van der Waals surface area contributed by atoms with Crippen molar-refractivity contribution in [2.24, 2.45) is 5.92 Å². The standard InChI is InChI=1S/C25H31FN4O2/c1-16(2)24(31)27-18-5-7-21-17(13-18)9-12-30(25(21)32)19-6-8-23(22(26)14-19)29-11-10-20(15-29)28(3)4/h5-8,13-14,16,20H,9-12,15H2,1-4H3,(H,27,31)/t20-/m1/s1. The van der Waals surface area contributed by atoms with Gasteiger partial charge in [-0.3, -0.25) is 9.59 Å². The molecule has 1 saturated heterocycles. The number of carbonyl (C=O) groups is 2. The number of anilines is 3. The van der Waals surface area contributed by atoms with Crippen LogP contribution in [0.4, 0.5) is 21.5 Å². The summed E-state index contributed by atoms with van der Waals surface area (Å²) in [6, 6.07) is 10.9. The molecule has 2 heterocycles. The van der Waals surface area contributed by atoms with Gasteiger partial charge in [0.1, 0.15) is 5.82 Å². The van der Waals surface area contributed by atoms with E-state index in [1.807, 2.05) is 26.0 Å². The van der Waals surface area contributed by atoms with Gasteiger partial charge >= 0.3 is 0 Å². The molecule has 7 heteroatoms. The maximum absolute atomic E-state index is 15.0. The van der Waals surface area contributed by atoms with Gasteiger partial charge < -0.3 is 20.0 Å². The molecule has 0 unspecified atom stereocenters. The van der Waals surface area contributed by atoms with Crippen molar-refractivity contribution in [3.05, 3.63) is 53.3 Å². The van der Waals surface area contributed by atoms with Gasteiger partial charge in [-0.1, -0.05) is 13.8 Å². The molecule has 1 atom stereocenters. The molecule has 4 rings (SSSR count). The lowest BCUT2D eigenvalue weighted by atomic mass is 9.97. The molecular formula is C25H31FN4O2. The van der Waals surface area contributed by atoms with Gasteiger partial charge in [0.05, 0.1) is 5.69 Å². The fourth-order valence-electron chi connectivity index (χ4n) is 4.40. The molecule has 2 aliphatic rings. The lowest BCUT2D eigenvalue weighted by Gasteiger charge is -2.30. The Morgan fingerprint density at radius 3 is 2.59 bits per heavy atom. The SMILES string of the molecule is CC(C)C(=O)Nc1ccc2c(c1)CCN(c1ccc(N3CC[C@@H](N(C)C)C3)c(F)c1)C2=O. The van der Waals surface area contributed by atoms with E-state index < -0.39 is 0 Å². The highest BCUT2D eigenvalue weighted by atomic mass is 19.1. The molecule has 6 nitrogen and oxygen atoms in total. The third-order valence-electron chi connectivity index (χ3n) is 6.45. The summed E-state index contributed by atoms with van der Waals surface area (Å²) >= 11 is 0.